The first-order chi connectivity index (χ1) is 8.91. The third kappa shape index (κ3) is 3.17. The Kier molecular flexibility index (Phi) is 3.66. The second kappa shape index (κ2) is 5.09. The largest absolute Gasteiger partial charge is 0.449 e. The van der Waals surface area contributed by atoms with Gasteiger partial charge in [0.25, 0.3) is 0 Å². The number of hydrogen-bond acceptors (Lipinski definition) is 4. The average molecular weight is 264 g/mol. The van der Waals surface area contributed by atoms with E-state index in [-0.39, 0.29) is 5.91 Å². The molecule has 5 heteroatoms. The van der Waals surface area contributed by atoms with E-state index in [1.165, 1.54) is 0 Å². The Morgan fingerprint density at radius 3 is 2.74 bits per heavy atom. The third-order valence-electron chi connectivity index (χ3n) is 2.86. The number of carbonyl (C=O) groups is 1. The minimum Gasteiger partial charge on any atom is -0.449 e. The maximum atomic E-state index is 11.8. The molecule has 0 saturated heterocycles. The van der Waals surface area contributed by atoms with Crippen LogP contribution in [0.3, 0.4) is 0 Å². The summed E-state index contributed by atoms with van der Waals surface area (Å²) in [6, 6.07) is 4.83. The lowest BCUT2D eigenvalue weighted by Gasteiger charge is -2.16. The van der Waals surface area contributed by atoms with Crippen molar-refractivity contribution >= 4 is 11.6 Å². The highest BCUT2D eigenvalue weighted by molar-refractivity contribution is 5.94. The molecule has 0 aliphatic carbocycles. The number of anilines is 1. The lowest BCUT2D eigenvalue weighted by atomic mass is 10.1. The van der Waals surface area contributed by atoms with Gasteiger partial charge in [-0.1, -0.05) is 13.3 Å². The van der Waals surface area contributed by atoms with E-state index in [0.29, 0.717) is 23.6 Å². The van der Waals surface area contributed by atoms with Gasteiger partial charge in [0.2, 0.25) is 11.7 Å². The van der Waals surface area contributed by atoms with Crippen LogP contribution < -0.4 is 20.5 Å². The molecule has 0 radical (unpaired) electrons. The summed E-state index contributed by atoms with van der Waals surface area (Å²) < 4.78 is 11.2. The van der Waals surface area contributed by atoms with Gasteiger partial charge in [-0.05, 0) is 18.6 Å². The number of nitrogens with two attached hydrogens (primary N) is 1. The lowest BCUT2D eigenvalue weighted by Crippen LogP contribution is -2.35. The topological polar surface area (TPSA) is 73.6 Å². The summed E-state index contributed by atoms with van der Waals surface area (Å²) in [5, 5.41) is 2.78. The lowest BCUT2D eigenvalue weighted by molar-refractivity contribution is -0.117. The molecule has 1 aliphatic rings. The molecule has 104 valence electrons. The van der Waals surface area contributed by atoms with Crippen molar-refractivity contribution in [3.05, 3.63) is 18.2 Å². The number of hydrogen-bond donors (Lipinski definition) is 2. The fourth-order valence-corrected chi connectivity index (χ4v) is 1.98. The second-order valence-electron chi connectivity index (χ2n) is 5.15. The highest BCUT2D eigenvalue weighted by Gasteiger charge is 2.31. The minimum atomic E-state index is -0.663. The smallest absolute Gasteiger partial charge is 0.246 e. The molecule has 2 rings (SSSR count). The number of amides is 1. The van der Waals surface area contributed by atoms with Crippen LogP contribution in [0, 0.1) is 0 Å². The molecule has 19 heavy (non-hydrogen) atoms. The molecule has 1 amide bonds. The van der Waals surface area contributed by atoms with E-state index in [1.807, 2.05) is 20.8 Å². The van der Waals surface area contributed by atoms with Gasteiger partial charge in [0.05, 0.1) is 6.04 Å². The van der Waals surface area contributed by atoms with E-state index in [2.05, 4.69) is 5.32 Å². The van der Waals surface area contributed by atoms with Gasteiger partial charge in [-0.2, -0.15) is 0 Å². The molecular formula is C14H20N2O3. The molecule has 0 aromatic heterocycles. The summed E-state index contributed by atoms with van der Waals surface area (Å²) in [7, 11) is 0. The van der Waals surface area contributed by atoms with Crippen molar-refractivity contribution in [3.63, 3.8) is 0 Å². The van der Waals surface area contributed by atoms with Crippen LogP contribution in [0.2, 0.25) is 0 Å². The van der Waals surface area contributed by atoms with Crippen LogP contribution >= 0.6 is 0 Å². The predicted octanol–water partition coefficient (Wildman–Crippen LogP) is 2.26. The maximum Gasteiger partial charge on any atom is 0.246 e. The van der Waals surface area contributed by atoms with Crippen molar-refractivity contribution in [3.8, 4) is 11.5 Å². The van der Waals surface area contributed by atoms with Gasteiger partial charge in [-0.15, -0.1) is 0 Å². The van der Waals surface area contributed by atoms with Crippen LogP contribution in [0.5, 0.6) is 11.5 Å². The minimum absolute atomic E-state index is 0.181. The van der Waals surface area contributed by atoms with Crippen molar-refractivity contribution in [2.75, 3.05) is 5.32 Å². The van der Waals surface area contributed by atoms with Crippen LogP contribution in [0.4, 0.5) is 5.69 Å². The van der Waals surface area contributed by atoms with Crippen molar-refractivity contribution in [1.82, 2.24) is 0 Å². The summed E-state index contributed by atoms with van der Waals surface area (Å²) in [6.45, 7) is 5.67. The molecule has 3 N–H and O–H groups in total. The molecule has 0 spiro atoms. The monoisotopic (exact) mass is 264 g/mol. The normalized spacial score (nSPS) is 17.1. The van der Waals surface area contributed by atoms with Gasteiger partial charge in [-0.25, -0.2) is 0 Å². The average Bonchev–Trinajstić information content (AvgIpc) is 2.62. The molecule has 0 bridgehead atoms. The SMILES string of the molecule is CCC[C@@H](N)C(=O)Nc1ccc2c(c1)OC(C)(C)O2. The van der Waals surface area contributed by atoms with E-state index in [4.69, 9.17) is 15.2 Å². The highest BCUT2D eigenvalue weighted by atomic mass is 16.7. The highest BCUT2D eigenvalue weighted by Crippen LogP contribution is 2.40. The first-order valence-corrected chi connectivity index (χ1v) is 6.50. The van der Waals surface area contributed by atoms with Crippen molar-refractivity contribution in [2.45, 2.75) is 45.4 Å². The molecule has 5 nitrogen and oxygen atoms in total. The van der Waals surface area contributed by atoms with Crippen LogP contribution in [0.25, 0.3) is 0 Å². The molecule has 1 heterocycles. The number of nitrogens with one attached hydrogen (secondary N) is 1. The van der Waals surface area contributed by atoms with E-state index in [9.17, 15) is 4.79 Å². The van der Waals surface area contributed by atoms with E-state index in [1.54, 1.807) is 18.2 Å². The standard InChI is InChI=1S/C14H20N2O3/c1-4-5-10(15)13(17)16-9-6-7-11-12(8-9)19-14(2,3)18-11/h6-8,10H,4-5,15H2,1-3H3,(H,16,17)/t10-/m1/s1. The Morgan fingerprint density at radius 1 is 1.37 bits per heavy atom. The summed E-state index contributed by atoms with van der Waals surface area (Å²) in [5.74, 6) is 0.469. The van der Waals surface area contributed by atoms with Crippen LogP contribution in [0.1, 0.15) is 33.6 Å². The summed E-state index contributed by atoms with van der Waals surface area (Å²) >= 11 is 0. The van der Waals surface area contributed by atoms with Gasteiger partial charge < -0.3 is 20.5 Å². The molecular weight excluding hydrogens is 244 g/mol. The number of ether oxygens (including phenoxy) is 2. The number of carbonyl (C=O) groups excluding carboxylic acids is 1. The van der Waals surface area contributed by atoms with Crippen LogP contribution in [-0.2, 0) is 4.79 Å². The number of fused-ring (bicyclic) bond motifs is 1. The van der Waals surface area contributed by atoms with Crippen molar-refractivity contribution in [1.29, 1.82) is 0 Å². The zero-order valence-corrected chi connectivity index (χ0v) is 11.5. The van der Waals surface area contributed by atoms with Crippen molar-refractivity contribution in [2.24, 2.45) is 5.73 Å². The van der Waals surface area contributed by atoms with Crippen molar-refractivity contribution < 1.29 is 14.3 Å². The molecule has 1 atom stereocenters. The Bertz CT molecular complexity index is 486. The van der Waals surface area contributed by atoms with Gasteiger partial charge in [-0.3, -0.25) is 4.79 Å². The molecule has 1 aromatic rings. The van der Waals surface area contributed by atoms with Crippen LogP contribution in [0.15, 0.2) is 18.2 Å². The van der Waals surface area contributed by atoms with E-state index >= 15 is 0 Å². The number of rotatable bonds is 4. The molecule has 0 saturated carbocycles. The summed E-state index contributed by atoms with van der Waals surface area (Å²) in [6.07, 6.45) is 1.55. The quantitative estimate of drug-likeness (QED) is 0.874. The Labute approximate surface area is 113 Å². The predicted molar refractivity (Wildman–Crippen MR) is 73.3 cm³/mol. The fraction of sp³-hybridized carbons (Fsp3) is 0.500. The Morgan fingerprint density at radius 2 is 2.05 bits per heavy atom. The van der Waals surface area contributed by atoms with E-state index < -0.39 is 11.8 Å². The Balaban J connectivity index is 2.06. The molecule has 1 aliphatic heterocycles. The van der Waals surface area contributed by atoms with Gasteiger partial charge in [0.1, 0.15) is 0 Å². The molecule has 0 fully saturated rings. The number of benzene rings is 1. The van der Waals surface area contributed by atoms with Crippen LogP contribution in [-0.4, -0.2) is 17.7 Å². The zero-order valence-electron chi connectivity index (χ0n) is 11.5. The van der Waals surface area contributed by atoms with Gasteiger partial charge in [0.15, 0.2) is 11.5 Å². The molecule has 1 aromatic carbocycles. The summed E-state index contributed by atoms with van der Waals surface area (Å²) in [5.41, 5.74) is 6.43. The first-order valence-electron chi connectivity index (χ1n) is 6.50. The van der Waals surface area contributed by atoms with Gasteiger partial charge in [0, 0.05) is 25.6 Å². The first kappa shape index (κ1) is 13.7. The fourth-order valence-electron chi connectivity index (χ4n) is 1.98. The zero-order chi connectivity index (χ0) is 14.0. The van der Waals surface area contributed by atoms with Gasteiger partial charge >= 0.3 is 0 Å². The summed E-state index contributed by atoms with van der Waals surface area (Å²) in [4.78, 5) is 11.8. The third-order valence-corrected chi connectivity index (χ3v) is 2.86. The molecule has 0 unspecified atom stereocenters. The second-order valence-corrected chi connectivity index (χ2v) is 5.15. The Hall–Kier alpha value is -1.75. The van der Waals surface area contributed by atoms with E-state index in [0.717, 1.165) is 6.42 Å². The maximum absolute atomic E-state index is 11.8.